The lowest BCUT2D eigenvalue weighted by Gasteiger charge is -2.30. The van der Waals surface area contributed by atoms with E-state index in [1.807, 2.05) is 0 Å². The average molecular weight is 283 g/mol. The summed E-state index contributed by atoms with van der Waals surface area (Å²) in [5, 5.41) is 15.9. The maximum Gasteiger partial charge on any atom is 0.315 e. The van der Waals surface area contributed by atoms with Crippen molar-refractivity contribution in [3.63, 3.8) is 0 Å². The van der Waals surface area contributed by atoms with Gasteiger partial charge < -0.3 is 20.6 Å². The van der Waals surface area contributed by atoms with Crippen molar-refractivity contribution in [1.29, 1.82) is 0 Å². The van der Waals surface area contributed by atoms with Gasteiger partial charge in [-0.15, -0.1) is 0 Å². The first-order valence-electron chi connectivity index (χ1n) is 8.06. The Morgan fingerprint density at radius 1 is 1.25 bits per heavy atom. The fraction of sp³-hybridized carbons (Fsp3) is 0.933. The van der Waals surface area contributed by atoms with Crippen LogP contribution in [0.2, 0.25) is 0 Å². The van der Waals surface area contributed by atoms with Crippen molar-refractivity contribution in [3.8, 4) is 0 Å². The molecule has 116 valence electrons. The lowest BCUT2D eigenvalue weighted by atomic mass is 9.84. The first kappa shape index (κ1) is 15.6. The van der Waals surface area contributed by atoms with E-state index in [2.05, 4.69) is 22.6 Å². The fourth-order valence-electron chi connectivity index (χ4n) is 3.42. The molecule has 3 atom stereocenters. The Hall–Kier alpha value is -0.810. The third-order valence-corrected chi connectivity index (χ3v) is 4.63. The molecule has 1 aliphatic heterocycles. The number of amides is 2. The number of carbonyl (C=O) groups is 1. The second kappa shape index (κ2) is 7.84. The number of urea groups is 1. The minimum absolute atomic E-state index is 0.0596. The number of aliphatic hydroxyl groups excluding tert-OH is 1. The van der Waals surface area contributed by atoms with Gasteiger partial charge in [0.15, 0.2) is 0 Å². The minimum Gasteiger partial charge on any atom is -0.393 e. The molecule has 0 aromatic carbocycles. The van der Waals surface area contributed by atoms with Gasteiger partial charge in [-0.1, -0.05) is 12.8 Å². The quantitative estimate of drug-likeness (QED) is 0.729. The van der Waals surface area contributed by atoms with Crippen LogP contribution in [-0.4, -0.2) is 54.9 Å². The van der Waals surface area contributed by atoms with Gasteiger partial charge in [0, 0.05) is 19.1 Å². The first-order valence-corrected chi connectivity index (χ1v) is 8.06. The Morgan fingerprint density at radius 2 is 2.05 bits per heavy atom. The van der Waals surface area contributed by atoms with Gasteiger partial charge in [0.1, 0.15) is 0 Å². The van der Waals surface area contributed by atoms with E-state index in [0.29, 0.717) is 12.5 Å². The van der Waals surface area contributed by atoms with E-state index >= 15 is 0 Å². The molecule has 2 aliphatic rings. The number of aliphatic hydroxyl groups is 1. The second-order valence-corrected chi connectivity index (χ2v) is 6.40. The number of hydrogen-bond donors (Lipinski definition) is 3. The molecule has 0 radical (unpaired) electrons. The molecule has 5 nitrogen and oxygen atoms in total. The number of hydrogen-bond acceptors (Lipinski definition) is 3. The van der Waals surface area contributed by atoms with Crippen LogP contribution >= 0.6 is 0 Å². The number of nitrogens with zero attached hydrogens (tertiary/aromatic N) is 1. The molecule has 2 fully saturated rings. The predicted octanol–water partition coefficient (Wildman–Crippen LogP) is 1.32. The summed E-state index contributed by atoms with van der Waals surface area (Å²) in [5.41, 5.74) is 0. The standard InChI is InChI=1S/C15H29N3O2/c1-18-10-4-6-13(11-18)17-15(20)16-9-8-12-5-2-3-7-14(12)19/h12-14,19H,2-11H2,1H3,(H2,16,17,20)/t12-,13?,14-/m0/s1. The summed E-state index contributed by atoms with van der Waals surface area (Å²) >= 11 is 0. The molecule has 1 heterocycles. The van der Waals surface area contributed by atoms with Gasteiger partial charge in [-0.2, -0.15) is 0 Å². The normalized spacial score (nSPS) is 31.8. The SMILES string of the molecule is CN1CCCC(NC(=O)NCC[C@@H]2CCCC[C@@H]2O)C1. The number of rotatable bonds is 4. The molecule has 0 aromatic rings. The predicted molar refractivity (Wildman–Crippen MR) is 79.6 cm³/mol. The molecule has 1 saturated heterocycles. The lowest BCUT2D eigenvalue weighted by molar-refractivity contribution is 0.0656. The molecule has 5 heteroatoms. The van der Waals surface area contributed by atoms with Gasteiger partial charge in [0.2, 0.25) is 0 Å². The van der Waals surface area contributed by atoms with Gasteiger partial charge >= 0.3 is 6.03 Å². The fourth-order valence-corrected chi connectivity index (χ4v) is 3.42. The molecule has 0 aromatic heterocycles. The van der Waals surface area contributed by atoms with Gasteiger partial charge in [-0.3, -0.25) is 0 Å². The van der Waals surface area contributed by atoms with Crippen molar-refractivity contribution in [2.24, 2.45) is 5.92 Å². The summed E-state index contributed by atoms with van der Waals surface area (Å²) in [6.45, 7) is 2.73. The van der Waals surface area contributed by atoms with Gasteiger partial charge in [-0.25, -0.2) is 4.79 Å². The molecule has 0 spiro atoms. The molecule has 1 aliphatic carbocycles. The van der Waals surface area contributed by atoms with Crippen molar-refractivity contribution in [1.82, 2.24) is 15.5 Å². The number of piperidine rings is 1. The van der Waals surface area contributed by atoms with Crippen LogP contribution in [0.3, 0.4) is 0 Å². The van der Waals surface area contributed by atoms with Crippen LogP contribution < -0.4 is 10.6 Å². The Kier molecular flexibility index (Phi) is 6.10. The molecule has 1 saturated carbocycles. The highest BCUT2D eigenvalue weighted by Gasteiger charge is 2.23. The summed E-state index contributed by atoms with van der Waals surface area (Å²) < 4.78 is 0. The summed E-state index contributed by atoms with van der Waals surface area (Å²) in [4.78, 5) is 14.1. The van der Waals surface area contributed by atoms with E-state index < -0.39 is 0 Å². The molecule has 3 N–H and O–H groups in total. The Bertz CT molecular complexity index is 311. The molecule has 2 rings (SSSR count). The maximum absolute atomic E-state index is 11.8. The summed E-state index contributed by atoms with van der Waals surface area (Å²) in [6, 6.07) is 0.213. The molecular weight excluding hydrogens is 254 g/mol. The highest BCUT2D eigenvalue weighted by molar-refractivity contribution is 5.74. The van der Waals surface area contributed by atoms with Crippen molar-refractivity contribution >= 4 is 6.03 Å². The molecular formula is C15H29N3O2. The van der Waals surface area contributed by atoms with Crippen LogP contribution in [0, 0.1) is 5.92 Å². The summed E-state index contributed by atoms with van der Waals surface area (Å²) in [6.07, 6.45) is 7.31. The van der Waals surface area contributed by atoms with Crippen molar-refractivity contribution in [2.45, 2.75) is 57.1 Å². The number of nitrogens with one attached hydrogen (secondary N) is 2. The smallest absolute Gasteiger partial charge is 0.315 e. The zero-order chi connectivity index (χ0) is 14.4. The van der Waals surface area contributed by atoms with E-state index in [1.54, 1.807) is 0 Å². The second-order valence-electron chi connectivity index (χ2n) is 6.40. The molecule has 0 bridgehead atoms. The zero-order valence-electron chi connectivity index (χ0n) is 12.6. The largest absolute Gasteiger partial charge is 0.393 e. The van der Waals surface area contributed by atoms with Crippen LogP contribution in [0.1, 0.15) is 44.9 Å². The van der Waals surface area contributed by atoms with Crippen LogP contribution in [0.4, 0.5) is 4.79 Å². The average Bonchev–Trinajstić information content (AvgIpc) is 2.41. The third-order valence-electron chi connectivity index (χ3n) is 4.63. The monoisotopic (exact) mass is 283 g/mol. The van der Waals surface area contributed by atoms with Crippen LogP contribution in [0.5, 0.6) is 0 Å². The Balaban J connectivity index is 1.60. The lowest BCUT2D eigenvalue weighted by Crippen LogP contribution is -2.49. The van der Waals surface area contributed by atoms with Crippen molar-refractivity contribution < 1.29 is 9.90 Å². The number of likely N-dealkylation sites (N-methyl/N-ethyl adjacent to an activating group) is 1. The van der Waals surface area contributed by atoms with Crippen LogP contribution in [0.25, 0.3) is 0 Å². The van der Waals surface area contributed by atoms with E-state index in [-0.39, 0.29) is 18.2 Å². The summed E-state index contributed by atoms with van der Waals surface area (Å²) in [5.74, 6) is 0.366. The first-order chi connectivity index (χ1) is 9.65. The van der Waals surface area contributed by atoms with E-state index in [1.165, 1.54) is 6.42 Å². The Labute approximate surface area is 122 Å². The summed E-state index contributed by atoms with van der Waals surface area (Å²) in [7, 11) is 2.09. The highest BCUT2D eigenvalue weighted by atomic mass is 16.3. The third kappa shape index (κ3) is 4.94. The van der Waals surface area contributed by atoms with Crippen molar-refractivity contribution in [3.05, 3.63) is 0 Å². The van der Waals surface area contributed by atoms with Gasteiger partial charge in [0.25, 0.3) is 0 Å². The topological polar surface area (TPSA) is 64.6 Å². The maximum atomic E-state index is 11.8. The van der Waals surface area contributed by atoms with Crippen molar-refractivity contribution in [2.75, 3.05) is 26.7 Å². The molecule has 2 amide bonds. The van der Waals surface area contributed by atoms with E-state index in [4.69, 9.17) is 0 Å². The van der Waals surface area contributed by atoms with Crippen LogP contribution in [0.15, 0.2) is 0 Å². The molecule has 1 unspecified atom stereocenters. The van der Waals surface area contributed by atoms with E-state index in [0.717, 1.165) is 51.6 Å². The molecule has 20 heavy (non-hydrogen) atoms. The van der Waals surface area contributed by atoms with Gasteiger partial charge in [0.05, 0.1) is 6.10 Å². The Morgan fingerprint density at radius 3 is 2.80 bits per heavy atom. The van der Waals surface area contributed by atoms with Crippen LogP contribution in [-0.2, 0) is 0 Å². The van der Waals surface area contributed by atoms with Gasteiger partial charge in [-0.05, 0) is 51.6 Å². The van der Waals surface area contributed by atoms with E-state index in [9.17, 15) is 9.90 Å². The number of carbonyl (C=O) groups excluding carboxylic acids is 1. The number of likely N-dealkylation sites (tertiary alicyclic amines) is 1. The highest BCUT2D eigenvalue weighted by Crippen LogP contribution is 2.26. The minimum atomic E-state index is -0.166. The zero-order valence-corrected chi connectivity index (χ0v) is 12.6.